The van der Waals surface area contributed by atoms with Crippen LogP contribution in [0.3, 0.4) is 0 Å². The third-order valence-corrected chi connectivity index (χ3v) is 4.21. The normalized spacial score (nSPS) is 15.1. The van der Waals surface area contributed by atoms with Gasteiger partial charge in [0.15, 0.2) is 0 Å². The van der Waals surface area contributed by atoms with E-state index in [9.17, 15) is 4.79 Å². The van der Waals surface area contributed by atoms with Gasteiger partial charge in [-0.15, -0.1) is 0 Å². The number of aromatic nitrogens is 2. The first-order valence-corrected chi connectivity index (χ1v) is 8.26. The van der Waals surface area contributed by atoms with Gasteiger partial charge in [-0.05, 0) is 30.7 Å². The molecule has 5 nitrogen and oxygen atoms in total. The summed E-state index contributed by atoms with van der Waals surface area (Å²) in [5.41, 5.74) is 1.87. The Morgan fingerprint density at radius 1 is 1.17 bits per heavy atom. The molecule has 0 aliphatic carbocycles. The zero-order chi connectivity index (χ0) is 16.9. The van der Waals surface area contributed by atoms with Crippen molar-refractivity contribution >= 4 is 29.4 Å². The van der Waals surface area contributed by atoms with Gasteiger partial charge in [0.25, 0.3) is 0 Å². The van der Waals surface area contributed by atoms with Gasteiger partial charge in [0.2, 0.25) is 5.91 Å². The van der Waals surface area contributed by atoms with E-state index in [-0.39, 0.29) is 5.91 Å². The van der Waals surface area contributed by atoms with Crippen LogP contribution in [0.1, 0.15) is 11.3 Å². The fourth-order valence-electron chi connectivity index (χ4n) is 2.65. The van der Waals surface area contributed by atoms with Crippen molar-refractivity contribution in [2.75, 3.05) is 31.1 Å². The van der Waals surface area contributed by atoms with Crippen LogP contribution in [0.5, 0.6) is 0 Å². The van der Waals surface area contributed by atoms with Crippen LogP contribution >= 0.6 is 11.6 Å². The Morgan fingerprint density at radius 3 is 2.67 bits per heavy atom. The fraction of sp³-hybridized carbons (Fsp3) is 0.278. The van der Waals surface area contributed by atoms with Gasteiger partial charge < -0.3 is 9.80 Å². The third kappa shape index (κ3) is 4.11. The van der Waals surface area contributed by atoms with E-state index in [0.29, 0.717) is 18.1 Å². The lowest BCUT2D eigenvalue weighted by Gasteiger charge is -2.34. The van der Waals surface area contributed by atoms with Crippen LogP contribution in [0.2, 0.25) is 5.02 Å². The molecule has 3 rings (SSSR count). The van der Waals surface area contributed by atoms with Crippen molar-refractivity contribution in [2.24, 2.45) is 0 Å². The molecular formula is C18H19ClN4O. The van der Waals surface area contributed by atoms with Crippen LogP contribution in [0.25, 0.3) is 6.08 Å². The smallest absolute Gasteiger partial charge is 0.246 e. The number of benzene rings is 1. The zero-order valence-corrected chi connectivity index (χ0v) is 14.3. The number of rotatable bonds is 3. The van der Waals surface area contributed by atoms with Crippen LogP contribution < -0.4 is 4.90 Å². The lowest BCUT2D eigenvalue weighted by Crippen LogP contribution is -2.48. The monoisotopic (exact) mass is 342 g/mol. The molecule has 1 amide bonds. The lowest BCUT2D eigenvalue weighted by atomic mass is 10.2. The molecule has 1 aromatic carbocycles. The molecule has 6 heteroatoms. The van der Waals surface area contributed by atoms with E-state index in [1.54, 1.807) is 18.5 Å². The Bertz CT molecular complexity index is 754. The zero-order valence-electron chi connectivity index (χ0n) is 13.5. The van der Waals surface area contributed by atoms with Crippen molar-refractivity contribution in [1.82, 2.24) is 14.9 Å². The predicted octanol–water partition coefficient (Wildman–Crippen LogP) is 2.80. The van der Waals surface area contributed by atoms with E-state index in [0.717, 1.165) is 30.2 Å². The topological polar surface area (TPSA) is 49.3 Å². The molecule has 0 unspecified atom stereocenters. The summed E-state index contributed by atoms with van der Waals surface area (Å²) in [6.07, 6.45) is 4.99. The van der Waals surface area contributed by atoms with Crippen molar-refractivity contribution in [1.29, 1.82) is 0 Å². The van der Waals surface area contributed by atoms with Crippen molar-refractivity contribution < 1.29 is 4.79 Å². The Morgan fingerprint density at radius 2 is 1.96 bits per heavy atom. The summed E-state index contributed by atoms with van der Waals surface area (Å²) in [6, 6.07) is 9.41. The lowest BCUT2D eigenvalue weighted by molar-refractivity contribution is -0.126. The summed E-state index contributed by atoms with van der Waals surface area (Å²) in [7, 11) is 0. The maximum absolute atomic E-state index is 12.3. The molecule has 1 aromatic heterocycles. The number of halogens is 1. The molecule has 2 aromatic rings. The molecule has 24 heavy (non-hydrogen) atoms. The number of hydrogen-bond acceptors (Lipinski definition) is 4. The predicted molar refractivity (Wildman–Crippen MR) is 96.0 cm³/mol. The van der Waals surface area contributed by atoms with Gasteiger partial charge in [0.1, 0.15) is 12.1 Å². The van der Waals surface area contributed by atoms with Crippen molar-refractivity contribution in [3.05, 3.63) is 59.0 Å². The Kier molecular flexibility index (Phi) is 5.11. The molecular weight excluding hydrogens is 324 g/mol. The summed E-state index contributed by atoms with van der Waals surface area (Å²) in [5.74, 6) is 0.942. The minimum absolute atomic E-state index is 0.0218. The molecule has 1 aliphatic heterocycles. The molecule has 0 saturated carbocycles. The molecule has 1 fully saturated rings. The second-order valence-corrected chi connectivity index (χ2v) is 6.15. The molecule has 0 bridgehead atoms. The SMILES string of the molecule is Cc1cc(N2CCN(C(=O)/C=C/c3cccc(Cl)c3)CC2)ncn1. The average molecular weight is 343 g/mol. The van der Waals surface area contributed by atoms with E-state index in [1.807, 2.05) is 42.2 Å². The Hall–Kier alpha value is -2.40. The first-order valence-electron chi connectivity index (χ1n) is 7.88. The highest BCUT2D eigenvalue weighted by atomic mass is 35.5. The Labute approximate surface area is 146 Å². The molecule has 0 radical (unpaired) electrons. The summed E-state index contributed by atoms with van der Waals surface area (Å²) < 4.78 is 0. The number of carbonyl (C=O) groups excluding carboxylic acids is 1. The van der Waals surface area contributed by atoms with Gasteiger partial charge in [-0.2, -0.15) is 0 Å². The van der Waals surface area contributed by atoms with Crippen LogP contribution in [-0.4, -0.2) is 47.0 Å². The van der Waals surface area contributed by atoms with Crippen molar-refractivity contribution in [3.63, 3.8) is 0 Å². The van der Waals surface area contributed by atoms with Crippen LogP contribution in [0.15, 0.2) is 42.7 Å². The third-order valence-electron chi connectivity index (χ3n) is 3.97. The summed E-state index contributed by atoms with van der Waals surface area (Å²) in [6.45, 7) is 4.86. The quantitative estimate of drug-likeness (QED) is 0.805. The van der Waals surface area contributed by atoms with Gasteiger partial charge >= 0.3 is 0 Å². The van der Waals surface area contributed by atoms with Crippen LogP contribution in [-0.2, 0) is 4.79 Å². The first kappa shape index (κ1) is 16.5. The largest absolute Gasteiger partial charge is 0.353 e. The molecule has 1 saturated heterocycles. The van der Waals surface area contributed by atoms with E-state index in [4.69, 9.17) is 11.6 Å². The molecule has 0 spiro atoms. The molecule has 0 atom stereocenters. The van der Waals surface area contributed by atoms with Gasteiger partial charge in [0.05, 0.1) is 0 Å². The number of nitrogens with zero attached hydrogens (tertiary/aromatic N) is 4. The maximum atomic E-state index is 12.3. The van der Waals surface area contributed by atoms with Gasteiger partial charge in [-0.25, -0.2) is 9.97 Å². The number of anilines is 1. The second-order valence-electron chi connectivity index (χ2n) is 5.72. The van der Waals surface area contributed by atoms with Crippen LogP contribution in [0.4, 0.5) is 5.82 Å². The van der Waals surface area contributed by atoms with E-state index in [2.05, 4.69) is 14.9 Å². The minimum atomic E-state index is 0.0218. The number of amides is 1. The average Bonchev–Trinajstić information content (AvgIpc) is 2.60. The standard InChI is InChI=1S/C18H19ClN4O/c1-14-11-17(21-13-20-14)22-7-9-23(10-8-22)18(24)6-5-15-3-2-4-16(19)12-15/h2-6,11-13H,7-10H2,1H3/b6-5+. The second kappa shape index (κ2) is 7.45. The van der Waals surface area contributed by atoms with Crippen molar-refractivity contribution in [2.45, 2.75) is 6.92 Å². The number of carbonyl (C=O) groups is 1. The maximum Gasteiger partial charge on any atom is 0.246 e. The molecule has 1 aliphatic rings. The van der Waals surface area contributed by atoms with Crippen molar-refractivity contribution in [3.8, 4) is 0 Å². The molecule has 2 heterocycles. The number of aryl methyl sites for hydroxylation is 1. The van der Waals surface area contributed by atoms with Gasteiger partial charge in [0, 0.05) is 49.0 Å². The highest BCUT2D eigenvalue weighted by molar-refractivity contribution is 6.30. The van der Waals surface area contributed by atoms with E-state index >= 15 is 0 Å². The fourth-order valence-corrected chi connectivity index (χ4v) is 2.85. The van der Waals surface area contributed by atoms with E-state index < -0.39 is 0 Å². The number of hydrogen-bond donors (Lipinski definition) is 0. The summed E-state index contributed by atoms with van der Waals surface area (Å²) >= 11 is 5.95. The van der Waals surface area contributed by atoms with Crippen LogP contribution in [0, 0.1) is 6.92 Å². The molecule has 0 N–H and O–H groups in total. The first-order chi connectivity index (χ1) is 11.6. The Balaban J connectivity index is 1.57. The highest BCUT2D eigenvalue weighted by Gasteiger charge is 2.20. The summed E-state index contributed by atoms with van der Waals surface area (Å²) in [5, 5.41) is 0.665. The molecule has 124 valence electrons. The van der Waals surface area contributed by atoms with E-state index in [1.165, 1.54) is 0 Å². The minimum Gasteiger partial charge on any atom is -0.353 e. The summed E-state index contributed by atoms with van der Waals surface area (Å²) in [4.78, 5) is 24.8. The number of piperazine rings is 1. The van der Waals surface area contributed by atoms with Gasteiger partial charge in [-0.1, -0.05) is 23.7 Å². The van der Waals surface area contributed by atoms with Gasteiger partial charge in [-0.3, -0.25) is 4.79 Å². The highest BCUT2D eigenvalue weighted by Crippen LogP contribution is 2.15.